The monoisotopic (exact) mass is 209 g/mol. The number of nitrogens with one attached hydrogen (secondary N) is 1. The van der Waals surface area contributed by atoms with E-state index in [0.29, 0.717) is 5.57 Å². The Balaban J connectivity index is 3.35. The van der Waals surface area contributed by atoms with Crippen molar-refractivity contribution in [3.05, 3.63) is 11.3 Å². The maximum Gasteiger partial charge on any atom is 0.296 e. The maximum atomic E-state index is 11.7. The van der Waals surface area contributed by atoms with E-state index in [1.165, 1.54) is 0 Å². The third-order valence-electron chi connectivity index (χ3n) is 2.42. The molecule has 84 valence electrons. The first-order chi connectivity index (χ1) is 6.55. The summed E-state index contributed by atoms with van der Waals surface area (Å²) in [5.41, 5.74) is 0.897. The quantitative estimate of drug-likeness (QED) is 0.620. The van der Waals surface area contributed by atoms with Crippen LogP contribution < -0.4 is 5.32 Å². The van der Waals surface area contributed by atoms with Crippen molar-refractivity contribution in [2.45, 2.75) is 41.5 Å². The summed E-state index contributed by atoms with van der Waals surface area (Å²) in [6.45, 7) is 11.8. The summed E-state index contributed by atoms with van der Waals surface area (Å²) in [5, 5.41) is 2.69. The van der Waals surface area contributed by atoms with Gasteiger partial charge in [0.25, 0.3) is 5.91 Å². The van der Waals surface area contributed by atoms with Gasteiger partial charge in [-0.25, -0.2) is 0 Å². The Bertz CT molecular complexity index is 351. The second-order valence-corrected chi connectivity index (χ2v) is 6.03. The number of hydrogen-bond donors (Lipinski definition) is 1. The Hall–Kier alpha value is -1.12. The van der Waals surface area contributed by atoms with Gasteiger partial charge in [-0.3, -0.25) is 9.59 Å². The van der Waals surface area contributed by atoms with Crippen LogP contribution in [0.25, 0.3) is 0 Å². The molecule has 15 heavy (non-hydrogen) atoms. The number of hydrogen-bond acceptors (Lipinski definition) is 2. The third-order valence-corrected chi connectivity index (χ3v) is 2.42. The highest BCUT2D eigenvalue weighted by Crippen LogP contribution is 2.38. The van der Waals surface area contributed by atoms with Crippen LogP contribution in [0.5, 0.6) is 0 Å². The molecule has 0 bridgehead atoms. The van der Waals surface area contributed by atoms with Crippen molar-refractivity contribution < 1.29 is 9.59 Å². The van der Waals surface area contributed by atoms with Crippen LogP contribution in [-0.4, -0.2) is 11.7 Å². The van der Waals surface area contributed by atoms with Crippen LogP contribution in [0.1, 0.15) is 41.5 Å². The van der Waals surface area contributed by atoms with Crippen LogP contribution in [0.15, 0.2) is 11.3 Å². The molecule has 0 spiro atoms. The van der Waals surface area contributed by atoms with Crippen LogP contribution in [0.3, 0.4) is 0 Å². The van der Waals surface area contributed by atoms with Gasteiger partial charge in [-0.15, -0.1) is 0 Å². The smallest absolute Gasteiger partial charge is 0.296 e. The van der Waals surface area contributed by atoms with Gasteiger partial charge in [0.15, 0.2) is 0 Å². The Labute approximate surface area is 90.9 Å². The largest absolute Gasteiger partial charge is 0.322 e. The SMILES string of the molecule is CC(C)(C)C1=C(C(C)(C)C)C(=O)C(=O)N1. The number of ketones is 1. The van der Waals surface area contributed by atoms with Crippen molar-refractivity contribution in [3.63, 3.8) is 0 Å². The predicted molar refractivity (Wildman–Crippen MR) is 59.1 cm³/mol. The van der Waals surface area contributed by atoms with Gasteiger partial charge in [0, 0.05) is 16.7 Å². The van der Waals surface area contributed by atoms with Crippen molar-refractivity contribution in [1.82, 2.24) is 5.32 Å². The number of carbonyl (C=O) groups excluding carboxylic acids is 2. The van der Waals surface area contributed by atoms with Crippen LogP contribution in [0.4, 0.5) is 0 Å². The van der Waals surface area contributed by atoms with Crippen LogP contribution >= 0.6 is 0 Å². The molecule has 1 rings (SSSR count). The number of amides is 1. The van der Waals surface area contributed by atoms with E-state index in [2.05, 4.69) is 5.32 Å². The highest BCUT2D eigenvalue weighted by molar-refractivity contribution is 6.45. The number of Topliss-reactive ketones (excluding diaryl/α,β-unsaturated/α-hetero) is 1. The van der Waals surface area contributed by atoms with Gasteiger partial charge in [-0.05, 0) is 5.41 Å². The van der Waals surface area contributed by atoms with Crippen LogP contribution in [-0.2, 0) is 9.59 Å². The highest BCUT2D eigenvalue weighted by Gasteiger charge is 2.41. The van der Waals surface area contributed by atoms with Gasteiger partial charge in [0.2, 0.25) is 5.78 Å². The van der Waals surface area contributed by atoms with Gasteiger partial charge in [-0.2, -0.15) is 0 Å². The van der Waals surface area contributed by atoms with E-state index in [0.717, 1.165) is 5.70 Å². The van der Waals surface area contributed by atoms with Gasteiger partial charge in [-0.1, -0.05) is 41.5 Å². The lowest BCUT2D eigenvalue weighted by molar-refractivity contribution is -0.134. The average molecular weight is 209 g/mol. The molecule has 0 unspecified atom stereocenters. The lowest BCUT2D eigenvalue weighted by Crippen LogP contribution is -2.26. The Morgan fingerprint density at radius 2 is 1.33 bits per heavy atom. The van der Waals surface area contributed by atoms with Crippen molar-refractivity contribution in [2.24, 2.45) is 10.8 Å². The molecule has 3 heteroatoms. The summed E-state index contributed by atoms with van der Waals surface area (Å²) in [7, 11) is 0. The first-order valence-electron chi connectivity index (χ1n) is 5.16. The molecule has 1 N–H and O–H groups in total. The molecule has 0 aromatic carbocycles. The predicted octanol–water partition coefficient (Wildman–Crippen LogP) is 2.03. The minimum atomic E-state index is -0.496. The summed E-state index contributed by atoms with van der Waals surface area (Å²) >= 11 is 0. The molecule has 0 saturated carbocycles. The lowest BCUT2D eigenvalue weighted by atomic mass is 9.78. The Kier molecular flexibility index (Phi) is 2.54. The minimum Gasteiger partial charge on any atom is -0.322 e. The standard InChI is InChI=1S/C12H19NO2/c1-11(2,3)7-8(14)10(15)13-9(7)12(4,5)6/h1-6H3,(H,13,14,15). The fourth-order valence-electron chi connectivity index (χ4n) is 1.74. The molecule has 0 atom stereocenters. The lowest BCUT2D eigenvalue weighted by Gasteiger charge is -2.26. The first-order valence-corrected chi connectivity index (χ1v) is 5.16. The summed E-state index contributed by atoms with van der Waals surface area (Å²) in [6.07, 6.45) is 0. The molecule has 0 aromatic heterocycles. The van der Waals surface area contributed by atoms with Gasteiger partial charge < -0.3 is 5.32 Å². The molecule has 1 heterocycles. The molecule has 0 aromatic rings. The molecule has 0 radical (unpaired) electrons. The van der Waals surface area contributed by atoms with E-state index in [1.54, 1.807) is 0 Å². The summed E-state index contributed by atoms with van der Waals surface area (Å²) in [5.74, 6) is -0.878. The molecule has 1 amide bonds. The topological polar surface area (TPSA) is 46.2 Å². The van der Waals surface area contributed by atoms with Crippen molar-refractivity contribution in [2.75, 3.05) is 0 Å². The summed E-state index contributed by atoms with van der Waals surface area (Å²) in [4.78, 5) is 23.1. The molecule has 1 aliphatic rings. The first kappa shape index (κ1) is 12.0. The summed E-state index contributed by atoms with van der Waals surface area (Å²) in [6, 6.07) is 0. The van der Waals surface area contributed by atoms with Crippen LogP contribution in [0.2, 0.25) is 0 Å². The van der Waals surface area contributed by atoms with Crippen molar-refractivity contribution >= 4 is 11.7 Å². The van der Waals surface area contributed by atoms with E-state index in [-0.39, 0.29) is 16.6 Å². The fraction of sp³-hybridized carbons (Fsp3) is 0.667. The zero-order valence-electron chi connectivity index (χ0n) is 10.3. The van der Waals surface area contributed by atoms with E-state index < -0.39 is 5.91 Å². The van der Waals surface area contributed by atoms with E-state index >= 15 is 0 Å². The molecule has 0 fully saturated rings. The van der Waals surface area contributed by atoms with Gasteiger partial charge in [0.1, 0.15) is 0 Å². The maximum absolute atomic E-state index is 11.7. The van der Waals surface area contributed by atoms with Gasteiger partial charge in [0.05, 0.1) is 0 Å². The van der Waals surface area contributed by atoms with E-state index in [1.807, 2.05) is 41.5 Å². The average Bonchev–Trinajstić information content (AvgIpc) is 2.25. The van der Waals surface area contributed by atoms with Crippen LogP contribution in [0, 0.1) is 10.8 Å². The zero-order chi connectivity index (χ0) is 12.0. The molecular weight excluding hydrogens is 190 g/mol. The second-order valence-electron chi connectivity index (χ2n) is 6.03. The fourth-order valence-corrected chi connectivity index (χ4v) is 1.74. The summed E-state index contributed by atoms with van der Waals surface area (Å²) < 4.78 is 0. The zero-order valence-corrected chi connectivity index (χ0v) is 10.3. The normalized spacial score (nSPS) is 18.5. The Morgan fingerprint density at radius 3 is 1.60 bits per heavy atom. The van der Waals surface area contributed by atoms with E-state index in [4.69, 9.17) is 0 Å². The van der Waals surface area contributed by atoms with Gasteiger partial charge >= 0.3 is 0 Å². The van der Waals surface area contributed by atoms with Crippen molar-refractivity contribution in [1.29, 1.82) is 0 Å². The minimum absolute atomic E-state index is 0.204. The molecule has 1 aliphatic heterocycles. The van der Waals surface area contributed by atoms with E-state index in [9.17, 15) is 9.59 Å². The second kappa shape index (κ2) is 3.19. The van der Waals surface area contributed by atoms with Crippen molar-refractivity contribution in [3.8, 4) is 0 Å². The molecule has 0 saturated heterocycles. The molecular formula is C12H19NO2. The number of carbonyl (C=O) groups is 2. The number of rotatable bonds is 0. The molecule has 3 nitrogen and oxygen atoms in total. The number of allylic oxidation sites excluding steroid dienone is 1. The highest BCUT2D eigenvalue weighted by atomic mass is 16.2. The Morgan fingerprint density at radius 1 is 0.867 bits per heavy atom. The molecule has 0 aliphatic carbocycles. The third kappa shape index (κ3) is 2.11.